The van der Waals surface area contributed by atoms with Crippen molar-refractivity contribution >= 4 is 46.1 Å². The van der Waals surface area contributed by atoms with Crippen molar-refractivity contribution in [2.45, 2.75) is 0 Å². The Morgan fingerprint density at radius 1 is 1.11 bits per heavy atom. The third-order valence-electron chi connectivity index (χ3n) is 4.03. The average molecular weight is 415 g/mol. The van der Waals surface area contributed by atoms with Gasteiger partial charge in [-0.15, -0.1) is 0 Å². The lowest BCUT2D eigenvalue weighted by molar-refractivity contribution is 0.748. The molecule has 3 rings (SSSR count). The lowest BCUT2D eigenvalue weighted by Gasteiger charge is -2.13. The maximum Gasteiger partial charge on any atom is 0.163 e. The molecule has 0 aliphatic carbocycles. The first kappa shape index (κ1) is 19.9. The standard InChI is InChI=1S/C20H20Cl2N6/c1-24-18(8-9-23)25-10-11-26-19-15-4-2-3-5-17(15)27-20(28-19)14-7-6-13(21)12-16(14)22/h2-9,12,23-25H,10-11H2,1H3,(H,26,27,28)/b18-8+,23-9?. The van der Waals surface area contributed by atoms with E-state index in [1.165, 1.54) is 6.21 Å². The summed E-state index contributed by atoms with van der Waals surface area (Å²) in [6.07, 6.45) is 2.88. The minimum absolute atomic E-state index is 0.505. The van der Waals surface area contributed by atoms with Crippen LogP contribution < -0.4 is 16.0 Å². The molecule has 144 valence electrons. The number of hydrogen-bond acceptors (Lipinski definition) is 6. The summed E-state index contributed by atoms with van der Waals surface area (Å²) in [6.45, 7) is 1.28. The van der Waals surface area contributed by atoms with E-state index < -0.39 is 0 Å². The summed E-state index contributed by atoms with van der Waals surface area (Å²) in [6, 6.07) is 13.1. The second-order valence-corrected chi connectivity index (χ2v) is 6.73. The van der Waals surface area contributed by atoms with Gasteiger partial charge in [-0.3, -0.25) is 0 Å². The second-order valence-electron chi connectivity index (χ2n) is 5.89. The highest BCUT2D eigenvalue weighted by atomic mass is 35.5. The van der Waals surface area contributed by atoms with Gasteiger partial charge in [0.25, 0.3) is 0 Å². The highest BCUT2D eigenvalue weighted by molar-refractivity contribution is 6.36. The minimum Gasteiger partial charge on any atom is -0.375 e. The molecule has 0 saturated heterocycles. The SMILES string of the molecule is CN/C(=C\C=N)NCCNc1nc(-c2ccc(Cl)cc2Cl)nc2ccccc12. The molecule has 2 aromatic carbocycles. The van der Waals surface area contributed by atoms with Crippen LogP contribution >= 0.6 is 23.2 Å². The Kier molecular flexibility index (Phi) is 6.68. The molecule has 8 heteroatoms. The van der Waals surface area contributed by atoms with Gasteiger partial charge in [0.1, 0.15) is 5.82 Å². The van der Waals surface area contributed by atoms with Crippen molar-refractivity contribution in [3.63, 3.8) is 0 Å². The fourth-order valence-electron chi connectivity index (χ4n) is 2.69. The molecule has 0 aliphatic rings. The zero-order valence-corrected chi connectivity index (χ0v) is 16.8. The number of nitrogens with one attached hydrogen (secondary N) is 4. The number of hydrogen-bond donors (Lipinski definition) is 4. The molecule has 0 bridgehead atoms. The molecule has 0 fully saturated rings. The number of halogens is 2. The van der Waals surface area contributed by atoms with Gasteiger partial charge < -0.3 is 21.4 Å². The maximum atomic E-state index is 7.14. The van der Waals surface area contributed by atoms with E-state index in [1.807, 2.05) is 30.3 Å². The number of rotatable bonds is 8. The van der Waals surface area contributed by atoms with Gasteiger partial charge in [0.05, 0.1) is 16.4 Å². The van der Waals surface area contributed by atoms with Crippen LogP contribution in [0.1, 0.15) is 0 Å². The van der Waals surface area contributed by atoms with Gasteiger partial charge in [-0.1, -0.05) is 35.3 Å². The number of fused-ring (bicyclic) bond motifs is 1. The number of allylic oxidation sites excluding steroid dienone is 1. The smallest absolute Gasteiger partial charge is 0.163 e. The van der Waals surface area contributed by atoms with Gasteiger partial charge in [0, 0.05) is 42.3 Å². The van der Waals surface area contributed by atoms with Crippen LogP contribution in [0.5, 0.6) is 0 Å². The molecular weight excluding hydrogens is 395 g/mol. The first-order valence-corrected chi connectivity index (χ1v) is 9.46. The van der Waals surface area contributed by atoms with Crippen molar-refractivity contribution in [1.82, 2.24) is 20.6 Å². The monoisotopic (exact) mass is 414 g/mol. The largest absolute Gasteiger partial charge is 0.375 e. The summed E-state index contributed by atoms with van der Waals surface area (Å²) in [5.41, 5.74) is 1.55. The van der Waals surface area contributed by atoms with Crippen LogP contribution in [0.25, 0.3) is 22.3 Å². The molecule has 1 heterocycles. The summed E-state index contributed by atoms with van der Waals surface area (Å²) in [5, 5.41) is 18.7. The van der Waals surface area contributed by atoms with Crippen LogP contribution in [-0.2, 0) is 0 Å². The van der Waals surface area contributed by atoms with E-state index in [-0.39, 0.29) is 0 Å². The Labute approximate surface area is 173 Å². The van der Waals surface area contributed by atoms with E-state index in [9.17, 15) is 0 Å². The fraction of sp³-hybridized carbons (Fsp3) is 0.150. The highest BCUT2D eigenvalue weighted by Crippen LogP contribution is 2.31. The van der Waals surface area contributed by atoms with Crippen molar-refractivity contribution < 1.29 is 0 Å². The Morgan fingerprint density at radius 3 is 2.68 bits per heavy atom. The van der Waals surface area contributed by atoms with Crippen molar-refractivity contribution in [3.05, 3.63) is 64.4 Å². The number of benzene rings is 2. The van der Waals surface area contributed by atoms with Crippen molar-refractivity contribution in [3.8, 4) is 11.4 Å². The second kappa shape index (κ2) is 9.39. The van der Waals surface area contributed by atoms with E-state index in [1.54, 1.807) is 25.3 Å². The van der Waals surface area contributed by atoms with E-state index >= 15 is 0 Å². The highest BCUT2D eigenvalue weighted by Gasteiger charge is 2.12. The molecular formula is C20H20Cl2N6. The predicted molar refractivity (Wildman–Crippen MR) is 117 cm³/mol. The van der Waals surface area contributed by atoms with E-state index in [2.05, 4.69) is 20.9 Å². The normalized spacial score (nSPS) is 11.3. The Hall–Kier alpha value is -2.83. The summed E-state index contributed by atoms with van der Waals surface area (Å²) < 4.78 is 0. The Balaban J connectivity index is 1.86. The minimum atomic E-state index is 0.505. The Bertz CT molecular complexity index is 1020. The lowest BCUT2D eigenvalue weighted by atomic mass is 10.2. The zero-order valence-electron chi connectivity index (χ0n) is 15.3. The van der Waals surface area contributed by atoms with Gasteiger partial charge in [-0.25, -0.2) is 9.97 Å². The number of nitrogens with zero attached hydrogens (tertiary/aromatic N) is 2. The van der Waals surface area contributed by atoms with Crippen LogP contribution in [0.4, 0.5) is 5.82 Å². The number of para-hydroxylation sites is 1. The molecule has 4 N–H and O–H groups in total. The molecule has 0 spiro atoms. The van der Waals surface area contributed by atoms with Crippen molar-refractivity contribution in [2.75, 3.05) is 25.5 Å². The summed E-state index contributed by atoms with van der Waals surface area (Å²) in [7, 11) is 1.80. The molecule has 0 atom stereocenters. The summed E-state index contributed by atoms with van der Waals surface area (Å²) in [4.78, 5) is 9.34. The molecule has 0 amide bonds. The molecule has 6 nitrogen and oxygen atoms in total. The Morgan fingerprint density at radius 2 is 1.93 bits per heavy atom. The van der Waals surface area contributed by atoms with Crippen LogP contribution in [0.3, 0.4) is 0 Å². The summed E-state index contributed by atoms with van der Waals surface area (Å²) in [5.74, 6) is 2.05. The number of anilines is 1. The molecule has 0 aliphatic heterocycles. The lowest BCUT2D eigenvalue weighted by Crippen LogP contribution is -2.28. The van der Waals surface area contributed by atoms with E-state index in [0.29, 0.717) is 29.0 Å². The van der Waals surface area contributed by atoms with E-state index in [4.69, 9.17) is 33.6 Å². The average Bonchev–Trinajstić information content (AvgIpc) is 2.70. The van der Waals surface area contributed by atoms with Gasteiger partial charge in [0.15, 0.2) is 5.82 Å². The zero-order chi connectivity index (χ0) is 19.9. The predicted octanol–water partition coefficient (Wildman–Crippen LogP) is 4.32. The van der Waals surface area contributed by atoms with Gasteiger partial charge in [-0.05, 0) is 36.4 Å². The van der Waals surface area contributed by atoms with Gasteiger partial charge in [-0.2, -0.15) is 0 Å². The molecule has 1 aromatic heterocycles. The van der Waals surface area contributed by atoms with Gasteiger partial charge >= 0.3 is 0 Å². The third-order valence-corrected chi connectivity index (χ3v) is 4.58. The van der Waals surface area contributed by atoms with Crippen LogP contribution in [0.2, 0.25) is 10.0 Å². The first-order chi connectivity index (χ1) is 13.6. The van der Waals surface area contributed by atoms with E-state index in [0.717, 1.165) is 28.1 Å². The maximum absolute atomic E-state index is 7.14. The van der Waals surface area contributed by atoms with Crippen LogP contribution in [0, 0.1) is 5.41 Å². The van der Waals surface area contributed by atoms with Crippen molar-refractivity contribution in [1.29, 1.82) is 5.41 Å². The topological polar surface area (TPSA) is 85.7 Å². The molecule has 0 saturated carbocycles. The molecule has 28 heavy (non-hydrogen) atoms. The first-order valence-electron chi connectivity index (χ1n) is 8.71. The quantitative estimate of drug-likeness (QED) is 0.325. The molecule has 3 aromatic rings. The fourth-order valence-corrected chi connectivity index (χ4v) is 3.19. The van der Waals surface area contributed by atoms with Gasteiger partial charge in [0.2, 0.25) is 0 Å². The molecule has 0 unspecified atom stereocenters. The summed E-state index contributed by atoms with van der Waals surface area (Å²) >= 11 is 12.4. The van der Waals surface area contributed by atoms with Crippen LogP contribution in [0.15, 0.2) is 54.4 Å². The van der Waals surface area contributed by atoms with Crippen LogP contribution in [-0.4, -0.2) is 36.3 Å². The van der Waals surface area contributed by atoms with Crippen molar-refractivity contribution in [2.24, 2.45) is 0 Å². The number of aromatic nitrogens is 2. The third kappa shape index (κ3) is 4.71. The molecule has 0 radical (unpaired) electrons.